The summed E-state index contributed by atoms with van der Waals surface area (Å²) < 4.78 is 38.8. The second kappa shape index (κ2) is 9.90. The van der Waals surface area contributed by atoms with E-state index in [1.165, 1.54) is 7.11 Å². The maximum Gasteiger partial charge on any atom is 0.215 e. The molecule has 0 aliphatic carbocycles. The van der Waals surface area contributed by atoms with Crippen LogP contribution in [0.25, 0.3) is 0 Å². The van der Waals surface area contributed by atoms with Gasteiger partial charge < -0.3 is 14.4 Å². The Bertz CT molecular complexity index is 879. The summed E-state index contributed by atoms with van der Waals surface area (Å²) in [5, 5.41) is 4.14. The highest BCUT2D eigenvalue weighted by Crippen LogP contribution is 2.28. The molecule has 1 fully saturated rings. The Morgan fingerprint density at radius 3 is 2.45 bits per heavy atom. The lowest BCUT2D eigenvalue weighted by molar-refractivity contribution is 0.113. The van der Waals surface area contributed by atoms with Gasteiger partial charge in [0.1, 0.15) is 0 Å². The molecular formula is C20H29N3O4S2. The number of hydrogen-bond donors (Lipinski definition) is 1. The van der Waals surface area contributed by atoms with Gasteiger partial charge in [0.05, 0.1) is 20.0 Å². The number of nitrogens with one attached hydrogen (secondary N) is 1. The summed E-state index contributed by atoms with van der Waals surface area (Å²) >= 11 is 1.64. The lowest BCUT2D eigenvalue weighted by Gasteiger charge is -2.37. The van der Waals surface area contributed by atoms with Crippen molar-refractivity contribution < 1.29 is 17.9 Å². The third-order valence-electron chi connectivity index (χ3n) is 5.21. The molecular weight excluding hydrogens is 410 g/mol. The van der Waals surface area contributed by atoms with Crippen molar-refractivity contribution in [3.05, 3.63) is 46.2 Å². The highest BCUT2D eigenvalue weighted by Gasteiger charge is 2.26. The Hall–Kier alpha value is -1.65. The van der Waals surface area contributed by atoms with Crippen LogP contribution in [-0.2, 0) is 15.8 Å². The molecule has 9 heteroatoms. The number of ether oxygens (including phenoxy) is 2. The standard InChI is InChI=1S/C20H29N3O4S2/c1-22-7-9-23(10-8-22)18(17-6-11-28-14-17)13-21-29(24,25)15-16-4-5-19(26-2)20(12-16)27-3/h4-6,11-12,14,18,21H,7-10,13,15H2,1-3H3. The molecule has 1 aliphatic heterocycles. The normalized spacial score (nSPS) is 17.2. The number of sulfonamides is 1. The van der Waals surface area contributed by atoms with Gasteiger partial charge in [-0.05, 0) is 47.1 Å². The average molecular weight is 440 g/mol. The van der Waals surface area contributed by atoms with Gasteiger partial charge in [0, 0.05) is 38.8 Å². The van der Waals surface area contributed by atoms with E-state index in [9.17, 15) is 8.42 Å². The van der Waals surface area contributed by atoms with E-state index in [4.69, 9.17) is 9.47 Å². The third kappa shape index (κ3) is 5.93. The van der Waals surface area contributed by atoms with Crippen molar-refractivity contribution in [1.29, 1.82) is 0 Å². The highest BCUT2D eigenvalue weighted by molar-refractivity contribution is 7.88. The maximum atomic E-state index is 12.8. The lowest BCUT2D eigenvalue weighted by atomic mass is 10.1. The van der Waals surface area contributed by atoms with E-state index < -0.39 is 10.0 Å². The highest BCUT2D eigenvalue weighted by atomic mass is 32.2. The molecule has 29 heavy (non-hydrogen) atoms. The smallest absolute Gasteiger partial charge is 0.215 e. The van der Waals surface area contributed by atoms with Crippen molar-refractivity contribution >= 4 is 21.4 Å². The minimum atomic E-state index is -3.49. The van der Waals surface area contributed by atoms with E-state index in [1.807, 2.05) is 5.38 Å². The quantitative estimate of drug-likeness (QED) is 0.646. The number of thiophene rings is 1. The maximum absolute atomic E-state index is 12.8. The second-order valence-electron chi connectivity index (χ2n) is 7.21. The summed E-state index contributed by atoms with van der Waals surface area (Å²) in [5.41, 5.74) is 1.82. The van der Waals surface area contributed by atoms with Crippen LogP contribution in [0.15, 0.2) is 35.0 Å². The van der Waals surface area contributed by atoms with E-state index in [0.717, 1.165) is 31.7 Å². The lowest BCUT2D eigenvalue weighted by Crippen LogP contribution is -2.48. The molecule has 2 heterocycles. The average Bonchev–Trinajstić information content (AvgIpc) is 3.23. The third-order valence-corrected chi connectivity index (χ3v) is 7.23. The van der Waals surface area contributed by atoms with Gasteiger partial charge >= 0.3 is 0 Å². The molecule has 1 aliphatic rings. The zero-order chi connectivity index (χ0) is 20.9. The van der Waals surface area contributed by atoms with Gasteiger partial charge in [0.25, 0.3) is 0 Å². The number of hydrogen-bond acceptors (Lipinski definition) is 7. The molecule has 0 amide bonds. The Kier molecular flexibility index (Phi) is 7.53. The van der Waals surface area contributed by atoms with Gasteiger partial charge in [-0.15, -0.1) is 0 Å². The van der Waals surface area contributed by atoms with Crippen molar-refractivity contribution in [2.45, 2.75) is 11.8 Å². The number of likely N-dealkylation sites (N-methyl/N-ethyl adjacent to an activating group) is 1. The summed E-state index contributed by atoms with van der Waals surface area (Å²) in [6, 6.07) is 7.29. The first-order valence-electron chi connectivity index (χ1n) is 9.55. The topological polar surface area (TPSA) is 71.1 Å². The van der Waals surface area contributed by atoms with Gasteiger partial charge in [0.2, 0.25) is 10.0 Å². The molecule has 160 valence electrons. The zero-order valence-electron chi connectivity index (χ0n) is 17.1. The fourth-order valence-corrected chi connectivity index (χ4v) is 5.34. The van der Waals surface area contributed by atoms with Crippen LogP contribution in [0.4, 0.5) is 0 Å². The van der Waals surface area contributed by atoms with E-state index >= 15 is 0 Å². The first-order chi connectivity index (χ1) is 13.9. The van der Waals surface area contributed by atoms with Gasteiger partial charge in [-0.1, -0.05) is 6.07 Å². The number of benzene rings is 1. The molecule has 3 rings (SSSR count). The van der Waals surface area contributed by atoms with Gasteiger partial charge in [-0.3, -0.25) is 4.90 Å². The molecule has 0 spiro atoms. The van der Waals surface area contributed by atoms with E-state index in [1.54, 1.807) is 36.6 Å². The van der Waals surface area contributed by atoms with E-state index in [-0.39, 0.29) is 11.8 Å². The van der Waals surface area contributed by atoms with Crippen molar-refractivity contribution in [2.24, 2.45) is 0 Å². The Labute approximate surface area is 177 Å². The molecule has 1 aromatic heterocycles. The zero-order valence-corrected chi connectivity index (χ0v) is 18.8. The summed E-state index contributed by atoms with van der Waals surface area (Å²) in [6.45, 7) is 4.18. The van der Waals surface area contributed by atoms with Crippen molar-refractivity contribution in [2.75, 3.05) is 54.0 Å². The van der Waals surface area contributed by atoms with Crippen molar-refractivity contribution in [1.82, 2.24) is 14.5 Å². The first-order valence-corrected chi connectivity index (χ1v) is 12.1. The van der Waals surface area contributed by atoms with Crippen molar-refractivity contribution in [3.63, 3.8) is 0 Å². The summed E-state index contributed by atoms with van der Waals surface area (Å²) in [4.78, 5) is 4.66. The van der Waals surface area contributed by atoms with Crippen molar-refractivity contribution in [3.8, 4) is 11.5 Å². The largest absolute Gasteiger partial charge is 0.493 e. The first kappa shape index (κ1) is 22.0. The Balaban J connectivity index is 1.68. The van der Waals surface area contributed by atoms with Crippen LogP contribution in [0.2, 0.25) is 0 Å². The van der Waals surface area contributed by atoms with E-state index in [0.29, 0.717) is 23.6 Å². The summed E-state index contributed by atoms with van der Waals surface area (Å²) in [6.07, 6.45) is 0. The number of piperazine rings is 1. The molecule has 1 N–H and O–H groups in total. The number of methoxy groups -OCH3 is 2. The van der Waals surface area contributed by atoms with Gasteiger partial charge in [0.15, 0.2) is 11.5 Å². The van der Waals surface area contributed by atoms with Crippen LogP contribution in [0, 0.1) is 0 Å². The van der Waals surface area contributed by atoms with Gasteiger partial charge in [-0.25, -0.2) is 13.1 Å². The fourth-order valence-electron chi connectivity index (χ4n) is 3.50. The van der Waals surface area contributed by atoms with E-state index in [2.05, 4.69) is 33.0 Å². The second-order valence-corrected chi connectivity index (χ2v) is 9.80. The predicted octanol–water partition coefficient (Wildman–Crippen LogP) is 2.17. The minimum Gasteiger partial charge on any atom is -0.493 e. The number of nitrogens with zero attached hydrogens (tertiary/aromatic N) is 2. The predicted molar refractivity (Wildman–Crippen MR) is 116 cm³/mol. The molecule has 1 saturated heterocycles. The fraction of sp³-hybridized carbons (Fsp3) is 0.500. The minimum absolute atomic E-state index is 0.0372. The van der Waals surface area contributed by atoms with Crippen LogP contribution >= 0.6 is 11.3 Å². The molecule has 1 aromatic carbocycles. The van der Waals surface area contributed by atoms with Crippen LogP contribution in [0.1, 0.15) is 17.2 Å². The molecule has 0 radical (unpaired) electrons. The molecule has 2 aromatic rings. The Morgan fingerprint density at radius 1 is 1.10 bits per heavy atom. The summed E-state index contributed by atoms with van der Waals surface area (Å²) in [7, 11) is 1.71. The summed E-state index contributed by atoms with van der Waals surface area (Å²) in [5.74, 6) is 0.995. The number of rotatable bonds is 9. The van der Waals surface area contributed by atoms with Crippen LogP contribution in [0.3, 0.4) is 0 Å². The molecule has 7 nitrogen and oxygen atoms in total. The Morgan fingerprint density at radius 2 is 1.83 bits per heavy atom. The van der Waals surface area contributed by atoms with Crippen LogP contribution in [-0.4, -0.2) is 72.2 Å². The van der Waals surface area contributed by atoms with Gasteiger partial charge in [-0.2, -0.15) is 11.3 Å². The van der Waals surface area contributed by atoms with Crippen LogP contribution in [0.5, 0.6) is 11.5 Å². The molecule has 0 saturated carbocycles. The SMILES string of the molecule is COc1ccc(CS(=O)(=O)NCC(c2ccsc2)N2CCN(C)CC2)cc1OC. The molecule has 1 unspecified atom stereocenters. The molecule has 1 atom stereocenters. The van der Waals surface area contributed by atoms with Crippen LogP contribution < -0.4 is 14.2 Å². The molecule has 0 bridgehead atoms. The monoisotopic (exact) mass is 439 g/mol.